The van der Waals surface area contributed by atoms with Crippen molar-refractivity contribution in [1.29, 1.82) is 0 Å². The zero-order valence-electron chi connectivity index (χ0n) is 10.2. The number of nitrogens with one attached hydrogen (secondary N) is 2. The SMILES string of the molecule is NNC(=O)c1ccc2[nH]cc(-c3ccccc3)c2c1. The Morgan fingerprint density at radius 3 is 2.63 bits per heavy atom. The number of rotatable bonds is 2. The number of fused-ring (bicyclic) bond motifs is 1. The third kappa shape index (κ3) is 1.98. The van der Waals surface area contributed by atoms with Crippen LogP contribution in [0.15, 0.2) is 54.7 Å². The molecule has 0 bridgehead atoms. The van der Waals surface area contributed by atoms with E-state index in [1.165, 1.54) is 0 Å². The highest BCUT2D eigenvalue weighted by molar-refractivity contribution is 6.02. The highest BCUT2D eigenvalue weighted by Gasteiger charge is 2.09. The van der Waals surface area contributed by atoms with Crippen LogP contribution in [0.25, 0.3) is 22.0 Å². The Hall–Kier alpha value is -2.59. The minimum atomic E-state index is -0.290. The molecule has 0 atom stereocenters. The molecule has 1 aromatic heterocycles. The number of hydrogen-bond donors (Lipinski definition) is 3. The van der Waals surface area contributed by atoms with Crippen LogP contribution in [0.5, 0.6) is 0 Å². The van der Waals surface area contributed by atoms with Crippen LogP contribution in [0.3, 0.4) is 0 Å². The number of aromatic amines is 1. The lowest BCUT2D eigenvalue weighted by Crippen LogP contribution is -2.29. The minimum Gasteiger partial charge on any atom is -0.361 e. The number of nitrogens with two attached hydrogens (primary N) is 1. The van der Waals surface area contributed by atoms with Gasteiger partial charge < -0.3 is 4.98 Å². The number of hydrogen-bond acceptors (Lipinski definition) is 2. The maximum atomic E-state index is 11.6. The molecule has 0 unspecified atom stereocenters. The van der Waals surface area contributed by atoms with Crippen LogP contribution < -0.4 is 11.3 Å². The standard InChI is InChI=1S/C15H13N3O/c16-18-15(19)11-6-7-14-12(8-11)13(9-17-14)10-4-2-1-3-5-10/h1-9,17H,16H2,(H,18,19). The van der Waals surface area contributed by atoms with Crippen LogP contribution in [0.2, 0.25) is 0 Å². The average Bonchev–Trinajstić information content (AvgIpc) is 2.90. The first-order chi connectivity index (χ1) is 9.29. The molecule has 0 fully saturated rings. The van der Waals surface area contributed by atoms with Crippen LogP contribution in [-0.4, -0.2) is 10.9 Å². The molecule has 0 saturated heterocycles. The predicted octanol–water partition coefficient (Wildman–Crippen LogP) is 2.44. The van der Waals surface area contributed by atoms with E-state index in [2.05, 4.69) is 10.4 Å². The van der Waals surface area contributed by atoms with E-state index in [0.717, 1.165) is 22.0 Å². The second kappa shape index (κ2) is 4.59. The van der Waals surface area contributed by atoms with E-state index < -0.39 is 0 Å². The van der Waals surface area contributed by atoms with Crippen molar-refractivity contribution in [3.05, 3.63) is 60.3 Å². The molecule has 2 aromatic carbocycles. The molecule has 0 aliphatic carbocycles. The third-order valence-corrected chi connectivity index (χ3v) is 3.16. The molecule has 3 rings (SSSR count). The first-order valence-corrected chi connectivity index (χ1v) is 5.97. The summed E-state index contributed by atoms with van der Waals surface area (Å²) >= 11 is 0. The largest absolute Gasteiger partial charge is 0.361 e. The van der Waals surface area contributed by atoms with Gasteiger partial charge in [-0.1, -0.05) is 30.3 Å². The summed E-state index contributed by atoms with van der Waals surface area (Å²) in [6.45, 7) is 0. The second-order valence-electron chi connectivity index (χ2n) is 4.30. The molecule has 3 aromatic rings. The van der Waals surface area contributed by atoms with Gasteiger partial charge in [0.15, 0.2) is 0 Å². The fraction of sp³-hybridized carbons (Fsp3) is 0. The van der Waals surface area contributed by atoms with Gasteiger partial charge in [-0.3, -0.25) is 10.2 Å². The molecule has 0 aliphatic rings. The molecule has 19 heavy (non-hydrogen) atoms. The molecule has 1 heterocycles. The summed E-state index contributed by atoms with van der Waals surface area (Å²) in [6, 6.07) is 15.5. The van der Waals surface area contributed by atoms with Gasteiger partial charge in [-0.2, -0.15) is 0 Å². The number of amides is 1. The molecule has 4 nitrogen and oxygen atoms in total. The molecule has 0 spiro atoms. The van der Waals surface area contributed by atoms with E-state index in [1.807, 2.05) is 48.7 Å². The van der Waals surface area contributed by atoms with Crippen LogP contribution in [-0.2, 0) is 0 Å². The van der Waals surface area contributed by atoms with Gasteiger partial charge in [0.1, 0.15) is 0 Å². The van der Waals surface area contributed by atoms with Crippen LogP contribution in [0.4, 0.5) is 0 Å². The Bertz CT molecular complexity index is 731. The maximum Gasteiger partial charge on any atom is 0.265 e. The highest BCUT2D eigenvalue weighted by Crippen LogP contribution is 2.29. The highest BCUT2D eigenvalue weighted by atomic mass is 16.2. The van der Waals surface area contributed by atoms with Gasteiger partial charge in [0, 0.05) is 28.2 Å². The van der Waals surface area contributed by atoms with Crippen molar-refractivity contribution >= 4 is 16.8 Å². The van der Waals surface area contributed by atoms with Crippen molar-refractivity contribution in [2.45, 2.75) is 0 Å². The van der Waals surface area contributed by atoms with E-state index in [1.54, 1.807) is 6.07 Å². The van der Waals surface area contributed by atoms with Gasteiger partial charge in [0.25, 0.3) is 5.91 Å². The van der Waals surface area contributed by atoms with Crippen molar-refractivity contribution in [3.8, 4) is 11.1 Å². The number of H-pyrrole nitrogens is 1. The van der Waals surface area contributed by atoms with Gasteiger partial charge in [-0.25, -0.2) is 5.84 Å². The molecule has 4 N–H and O–H groups in total. The van der Waals surface area contributed by atoms with Crippen molar-refractivity contribution in [3.63, 3.8) is 0 Å². The Labute approximate surface area is 110 Å². The maximum absolute atomic E-state index is 11.6. The summed E-state index contributed by atoms with van der Waals surface area (Å²) in [5, 5.41) is 1.01. The lowest BCUT2D eigenvalue weighted by atomic mass is 10.0. The Morgan fingerprint density at radius 2 is 1.89 bits per heavy atom. The molecule has 1 amide bonds. The summed E-state index contributed by atoms with van der Waals surface area (Å²) in [4.78, 5) is 14.8. The number of nitrogen functional groups attached to an aromatic ring is 1. The summed E-state index contributed by atoms with van der Waals surface area (Å²) in [6.07, 6.45) is 1.95. The summed E-state index contributed by atoms with van der Waals surface area (Å²) < 4.78 is 0. The van der Waals surface area contributed by atoms with Gasteiger partial charge in [-0.15, -0.1) is 0 Å². The summed E-state index contributed by atoms with van der Waals surface area (Å²) in [7, 11) is 0. The fourth-order valence-corrected chi connectivity index (χ4v) is 2.20. The van der Waals surface area contributed by atoms with E-state index in [-0.39, 0.29) is 5.91 Å². The van der Waals surface area contributed by atoms with Gasteiger partial charge >= 0.3 is 0 Å². The van der Waals surface area contributed by atoms with Crippen LogP contribution in [0, 0.1) is 0 Å². The quantitative estimate of drug-likeness (QED) is 0.372. The average molecular weight is 251 g/mol. The fourth-order valence-electron chi connectivity index (χ4n) is 2.20. The summed E-state index contributed by atoms with van der Waals surface area (Å²) in [5.74, 6) is 4.88. The van der Waals surface area contributed by atoms with Gasteiger partial charge in [0.05, 0.1) is 0 Å². The predicted molar refractivity (Wildman–Crippen MR) is 75.4 cm³/mol. The monoisotopic (exact) mass is 251 g/mol. The molecule has 94 valence electrons. The van der Waals surface area contributed by atoms with Crippen molar-refractivity contribution in [2.75, 3.05) is 0 Å². The zero-order chi connectivity index (χ0) is 13.2. The summed E-state index contributed by atoms with van der Waals surface area (Å²) in [5.41, 5.74) is 5.87. The number of hydrazine groups is 1. The van der Waals surface area contributed by atoms with E-state index in [0.29, 0.717) is 5.56 Å². The van der Waals surface area contributed by atoms with Gasteiger partial charge in [0.2, 0.25) is 0 Å². The number of aromatic nitrogens is 1. The molecule has 4 heteroatoms. The first kappa shape index (κ1) is 11.5. The lowest BCUT2D eigenvalue weighted by Gasteiger charge is -2.02. The number of carbonyl (C=O) groups is 1. The first-order valence-electron chi connectivity index (χ1n) is 5.97. The van der Waals surface area contributed by atoms with E-state index >= 15 is 0 Å². The Balaban J connectivity index is 2.19. The second-order valence-corrected chi connectivity index (χ2v) is 4.30. The Kier molecular flexibility index (Phi) is 2.78. The minimum absolute atomic E-state index is 0.290. The van der Waals surface area contributed by atoms with Gasteiger partial charge in [-0.05, 0) is 23.8 Å². The Morgan fingerprint density at radius 1 is 1.11 bits per heavy atom. The van der Waals surface area contributed by atoms with Crippen molar-refractivity contribution < 1.29 is 4.79 Å². The topological polar surface area (TPSA) is 70.9 Å². The number of benzene rings is 2. The number of carbonyl (C=O) groups excluding carboxylic acids is 1. The smallest absolute Gasteiger partial charge is 0.265 e. The van der Waals surface area contributed by atoms with Crippen molar-refractivity contribution in [1.82, 2.24) is 10.4 Å². The van der Waals surface area contributed by atoms with E-state index in [4.69, 9.17) is 5.84 Å². The molecule has 0 radical (unpaired) electrons. The molecular weight excluding hydrogens is 238 g/mol. The molecule has 0 saturated carbocycles. The normalized spacial score (nSPS) is 10.6. The molecule has 0 aliphatic heterocycles. The van der Waals surface area contributed by atoms with Crippen molar-refractivity contribution in [2.24, 2.45) is 5.84 Å². The van der Waals surface area contributed by atoms with Crippen LogP contribution in [0.1, 0.15) is 10.4 Å². The molecular formula is C15H13N3O. The lowest BCUT2D eigenvalue weighted by molar-refractivity contribution is 0.0954. The van der Waals surface area contributed by atoms with Crippen LogP contribution >= 0.6 is 0 Å². The zero-order valence-corrected chi connectivity index (χ0v) is 10.2. The third-order valence-electron chi connectivity index (χ3n) is 3.16. The van der Waals surface area contributed by atoms with E-state index in [9.17, 15) is 4.79 Å².